The summed E-state index contributed by atoms with van der Waals surface area (Å²) in [4.78, 5) is 24.9. The van der Waals surface area contributed by atoms with Crippen LogP contribution in [0.4, 0.5) is 0 Å². The second kappa shape index (κ2) is 6.51. The molecule has 1 saturated heterocycles. The number of nitrogens with zero attached hydrogens (tertiary/aromatic N) is 1. The van der Waals surface area contributed by atoms with Gasteiger partial charge in [-0.05, 0) is 18.8 Å². The van der Waals surface area contributed by atoms with E-state index >= 15 is 0 Å². The molecule has 0 spiro atoms. The minimum atomic E-state index is -0.0121. The number of rotatable bonds is 5. The lowest BCUT2D eigenvalue weighted by Gasteiger charge is -2.16. The van der Waals surface area contributed by atoms with Crippen molar-refractivity contribution in [1.29, 1.82) is 0 Å². The van der Waals surface area contributed by atoms with Gasteiger partial charge in [-0.25, -0.2) is 0 Å². The molecule has 1 atom stereocenters. The number of likely N-dealkylation sites (tertiary alicyclic amines) is 1. The number of carbonyl (C=O) groups is 2. The summed E-state index contributed by atoms with van der Waals surface area (Å²) in [6, 6.07) is 0. The molecule has 0 radical (unpaired) electrons. The van der Waals surface area contributed by atoms with Crippen molar-refractivity contribution in [3.05, 3.63) is 0 Å². The van der Waals surface area contributed by atoms with Crippen LogP contribution in [0, 0.1) is 5.92 Å². The second-order valence-electron chi connectivity index (χ2n) is 4.58. The van der Waals surface area contributed by atoms with Crippen molar-refractivity contribution in [2.24, 2.45) is 5.92 Å². The molecule has 0 aromatic carbocycles. The molecule has 4 nitrogen and oxygen atoms in total. The van der Waals surface area contributed by atoms with Gasteiger partial charge in [0, 0.05) is 19.5 Å². The normalized spacial score (nSPS) is 17.2. The van der Waals surface area contributed by atoms with Crippen LogP contribution in [0.1, 0.15) is 39.5 Å². The fraction of sp³-hybridized carbons (Fsp3) is 0.833. The van der Waals surface area contributed by atoms with Crippen LogP contribution >= 0.6 is 0 Å². The molecule has 1 unspecified atom stereocenters. The van der Waals surface area contributed by atoms with Gasteiger partial charge in [-0.1, -0.05) is 20.3 Å². The zero-order valence-electron chi connectivity index (χ0n) is 10.3. The van der Waals surface area contributed by atoms with Gasteiger partial charge in [-0.2, -0.15) is 0 Å². The Labute approximate surface area is 97.4 Å². The Morgan fingerprint density at radius 3 is 2.50 bits per heavy atom. The minimum absolute atomic E-state index is 0.0121. The molecule has 0 saturated carbocycles. The molecule has 1 rings (SSSR count). The first-order valence-electron chi connectivity index (χ1n) is 6.18. The summed E-state index contributed by atoms with van der Waals surface area (Å²) >= 11 is 0. The van der Waals surface area contributed by atoms with Gasteiger partial charge >= 0.3 is 0 Å². The highest BCUT2D eigenvalue weighted by atomic mass is 16.2. The van der Waals surface area contributed by atoms with Gasteiger partial charge in [0.25, 0.3) is 0 Å². The van der Waals surface area contributed by atoms with Gasteiger partial charge in [0.15, 0.2) is 0 Å². The Morgan fingerprint density at radius 1 is 1.31 bits per heavy atom. The van der Waals surface area contributed by atoms with Crippen LogP contribution in [0.5, 0.6) is 0 Å². The molecular weight excluding hydrogens is 204 g/mol. The number of hydrogen-bond acceptors (Lipinski definition) is 2. The summed E-state index contributed by atoms with van der Waals surface area (Å²) in [6.45, 7) is 5.96. The number of amides is 2. The van der Waals surface area contributed by atoms with Gasteiger partial charge in [0.1, 0.15) is 0 Å². The zero-order chi connectivity index (χ0) is 12.0. The molecule has 2 amide bonds. The maximum Gasteiger partial charge on any atom is 0.241 e. The molecular formula is C12H22N2O2. The first-order chi connectivity index (χ1) is 7.63. The predicted octanol–water partition coefficient (Wildman–Crippen LogP) is 1.16. The van der Waals surface area contributed by atoms with E-state index in [-0.39, 0.29) is 18.4 Å². The molecule has 92 valence electrons. The number of carbonyl (C=O) groups excluding carboxylic acids is 2. The average Bonchev–Trinajstić information content (AvgIpc) is 2.79. The second-order valence-corrected chi connectivity index (χ2v) is 4.58. The summed E-state index contributed by atoms with van der Waals surface area (Å²) < 4.78 is 0. The lowest BCUT2D eigenvalue weighted by molar-refractivity contribution is -0.132. The van der Waals surface area contributed by atoms with E-state index in [1.807, 2.05) is 11.8 Å². The third-order valence-electron chi connectivity index (χ3n) is 3.13. The summed E-state index contributed by atoms with van der Waals surface area (Å²) in [6.07, 6.45) is 3.69. The lowest BCUT2D eigenvalue weighted by atomic mass is 10.1. The van der Waals surface area contributed by atoms with Gasteiger partial charge in [0.2, 0.25) is 11.8 Å². The maximum absolute atomic E-state index is 11.6. The summed E-state index contributed by atoms with van der Waals surface area (Å²) in [5, 5.41) is 2.69. The first-order valence-corrected chi connectivity index (χ1v) is 6.18. The van der Waals surface area contributed by atoms with Crippen molar-refractivity contribution in [3.63, 3.8) is 0 Å². The van der Waals surface area contributed by atoms with E-state index in [0.29, 0.717) is 12.3 Å². The van der Waals surface area contributed by atoms with Crippen LogP contribution in [0.25, 0.3) is 0 Å². The van der Waals surface area contributed by atoms with Gasteiger partial charge in [-0.15, -0.1) is 0 Å². The van der Waals surface area contributed by atoms with Crippen molar-refractivity contribution in [1.82, 2.24) is 10.2 Å². The summed E-state index contributed by atoms with van der Waals surface area (Å²) in [7, 11) is 0. The largest absolute Gasteiger partial charge is 0.347 e. The van der Waals surface area contributed by atoms with E-state index in [4.69, 9.17) is 0 Å². The third-order valence-corrected chi connectivity index (χ3v) is 3.13. The molecule has 0 aromatic heterocycles. The van der Waals surface area contributed by atoms with Crippen molar-refractivity contribution < 1.29 is 9.59 Å². The van der Waals surface area contributed by atoms with Crippen LogP contribution in [0.3, 0.4) is 0 Å². The third kappa shape index (κ3) is 4.21. The minimum Gasteiger partial charge on any atom is -0.347 e. The van der Waals surface area contributed by atoms with E-state index in [2.05, 4.69) is 12.2 Å². The van der Waals surface area contributed by atoms with Gasteiger partial charge < -0.3 is 10.2 Å². The molecule has 1 heterocycles. The van der Waals surface area contributed by atoms with Crippen LogP contribution in [0.15, 0.2) is 0 Å². The smallest absolute Gasteiger partial charge is 0.241 e. The highest BCUT2D eigenvalue weighted by Gasteiger charge is 2.18. The molecule has 4 heteroatoms. The van der Waals surface area contributed by atoms with E-state index in [1.165, 1.54) is 0 Å². The van der Waals surface area contributed by atoms with E-state index in [9.17, 15) is 9.59 Å². The summed E-state index contributed by atoms with van der Waals surface area (Å²) in [5.74, 6) is 0.429. The Balaban J connectivity index is 2.18. The highest BCUT2D eigenvalue weighted by Crippen LogP contribution is 2.07. The quantitative estimate of drug-likeness (QED) is 0.765. The molecule has 1 fully saturated rings. The SMILES string of the molecule is CCC(C)CC(=O)NCC(=O)N1CCCC1. The molecule has 0 bridgehead atoms. The standard InChI is InChI=1S/C12H22N2O2/c1-3-10(2)8-11(15)13-9-12(16)14-6-4-5-7-14/h10H,3-9H2,1-2H3,(H,13,15). The molecule has 1 aliphatic heterocycles. The van der Waals surface area contributed by atoms with Crippen LogP contribution < -0.4 is 5.32 Å². The van der Waals surface area contributed by atoms with Gasteiger partial charge in [-0.3, -0.25) is 9.59 Å². The van der Waals surface area contributed by atoms with Crippen molar-refractivity contribution >= 4 is 11.8 Å². The van der Waals surface area contributed by atoms with Crippen LogP contribution in [0.2, 0.25) is 0 Å². The van der Waals surface area contributed by atoms with Crippen LogP contribution in [-0.2, 0) is 9.59 Å². The molecule has 0 aromatic rings. The monoisotopic (exact) mass is 226 g/mol. The molecule has 1 N–H and O–H groups in total. The highest BCUT2D eigenvalue weighted by molar-refractivity contribution is 5.84. The van der Waals surface area contributed by atoms with E-state index in [0.717, 1.165) is 32.4 Å². The fourth-order valence-corrected chi connectivity index (χ4v) is 1.79. The topological polar surface area (TPSA) is 49.4 Å². The average molecular weight is 226 g/mol. The Kier molecular flexibility index (Phi) is 5.29. The zero-order valence-corrected chi connectivity index (χ0v) is 10.3. The van der Waals surface area contributed by atoms with Crippen molar-refractivity contribution in [2.75, 3.05) is 19.6 Å². The fourth-order valence-electron chi connectivity index (χ4n) is 1.79. The molecule has 1 aliphatic rings. The van der Waals surface area contributed by atoms with E-state index < -0.39 is 0 Å². The van der Waals surface area contributed by atoms with Gasteiger partial charge in [0.05, 0.1) is 6.54 Å². The summed E-state index contributed by atoms with van der Waals surface area (Å²) in [5.41, 5.74) is 0. The van der Waals surface area contributed by atoms with Crippen LogP contribution in [-0.4, -0.2) is 36.3 Å². The number of hydrogen-bond donors (Lipinski definition) is 1. The first kappa shape index (κ1) is 13.0. The van der Waals surface area contributed by atoms with Crippen molar-refractivity contribution in [2.45, 2.75) is 39.5 Å². The van der Waals surface area contributed by atoms with Crippen molar-refractivity contribution in [3.8, 4) is 0 Å². The molecule has 0 aliphatic carbocycles. The Bertz CT molecular complexity index is 247. The number of nitrogens with one attached hydrogen (secondary N) is 1. The molecule has 16 heavy (non-hydrogen) atoms. The maximum atomic E-state index is 11.6. The Hall–Kier alpha value is -1.06. The predicted molar refractivity (Wildman–Crippen MR) is 62.9 cm³/mol. The Morgan fingerprint density at radius 2 is 1.94 bits per heavy atom. The van der Waals surface area contributed by atoms with E-state index in [1.54, 1.807) is 0 Å². The lowest BCUT2D eigenvalue weighted by Crippen LogP contribution is -2.38.